The van der Waals surface area contributed by atoms with Gasteiger partial charge in [-0.3, -0.25) is 0 Å². The molecule has 0 aliphatic heterocycles. The van der Waals surface area contributed by atoms with Crippen molar-refractivity contribution in [1.82, 2.24) is 39.5 Å². The summed E-state index contributed by atoms with van der Waals surface area (Å²) in [6.07, 6.45) is -4.82. The average molecular weight is 1000 g/mol. The second-order valence-corrected chi connectivity index (χ2v) is 18.4. The highest BCUT2D eigenvalue weighted by atomic mass is 19.4. The fraction of sp³-hybridized carbons (Fsp3) is 0.0152. The summed E-state index contributed by atoms with van der Waals surface area (Å²) in [6.45, 7) is 0. The molecule has 0 fully saturated rings. The molecule has 0 unspecified atom stereocenters. The summed E-state index contributed by atoms with van der Waals surface area (Å²) >= 11 is 0. The first kappa shape index (κ1) is 46.5. The van der Waals surface area contributed by atoms with Crippen LogP contribution in [0.3, 0.4) is 0 Å². The zero-order valence-electron chi connectivity index (χ0n) is 40.9. The molecule has 0 saturated carbocycles. The van der Waals surface area contributed by atoms with E-state index in [-0.39, 0.29) is 22.8 Å². The highest BCUT2D eigenvalue weighted by Gasteiger charge is 2.35. The highest BCUT2D eigenvalue weighted by molar-refractivity contribution is 6.11. The van der Waals surface area contributed by atoms with E-state index in [1.165, 1.54) is 0 Å². The Morgan fingerprint density at radius 2 is 0.610 bits per heavy atom. The molecule has 366 valence electrons. The molecule has 0 spiro atoms. The van der Waals surface area contributed by atoms with E-state index in [2.05, 4.69) is 0 Å². The number of hydrogen-bond donors (Lipinski definition) is 0. The van der Waals surface area contributed by atoms with Crippen molar-refractivity contribution in [3.8, 4) is 108 Å². The van der Waals surface area contributed by atoms with Crippen molar-refractivity contribution >= 4 is 21.8 Å². The van der Waals surface area contributed by atoms with Gasteiger partial charge < -0.3 is 4.57 Å². The summed E-state index contributed by atoms with van der Waals surface area (Å²) in [5.41, 5.74) is 8.60. The van der Waals surface area contributed by atoms with Gasteiger partial charge in [0.25, 0.3) is 0 Å². The molecule has 4 heterocycles. The molecule has 0 saturated heterocycles. The molecule has 0 bridgehead atoms. The number of fused-ring (bicyclic) bond motifs is 3. The van der Waals surface area contributed by atoms with E-state index >= 15 is 13.2 Å². The van der Waals surface area contributed by atoms with Crippen molar-refractivity contribution in [2.24, 2.45) is 0 Å². The van der Waals surface area contributed by atoms with Gasteiger partial charge in [0, 0.05) is 60.8 Å². The van der Waals surface area contributed by atoms with E-state index < -0.39 is 11.7 Å². The van der Waals surface area contributed by atoms with E-state index in [0.29, 0.717) is 62.5 Å². The first-order valence-electron chi connectivity index (χ1n) is 25.0. The number of rotatable bonds is 10. The van der Waals surface area contributed by atoms with Gasteiger partial charge in [-0.2, -0.15) is 13.2 Å². The first-order chi connectivity index (χ1) is 37.8. The van der Waals surface area contributed by atoms with Crippen LogP contribution in [0.1, 0.15) is 5.56 Å². The molecule has 8 nitrogen and oxygen atoms in total. The molecular formula is C66H41F3N8. The van der Waals surface area contributed by atoms with E-state index in [4.69, 9.17) is 34.9 Å². The fourth-order valence-corrected chi connectivity index (χ4v) is 9.83. The maximum atomic E-state index is 15.9. The van der Waals surface area contributed by atoms with Crippen LogP contribution in [-0.4, -0.2) is 39.5 Å². The van der Waals surface area contributed by atoms with Crippen molar-refractivity contribution in [2.45, 2.75) is 6.18 Å². The van der Waals surface area contributed by atoms with Gasteiger partial charge in [0.05, 0.1) is 45.1 Å². The molecule has 0 N–H and O–H groups in total. The van der Waals surface area contributed by atoms with Gasteiger partial charge >= 0.3 is 6.18 Å². The van der Waals surface area contributed by atoms with E-state index in [0.717, 1.165) is 56.3 Å². The van der Waals surface area contributed by atoms with Crippen molar-refractivity contribution in [3.05, 3.63) is 254 Å². The van der Waals surface area contributed by atoms with Gasteiger partial charge in [0.2, 0.25) is 0 Å². The zero-order chi connectivity index (χ0) is 51.9. The van der Waals surface area contributed by atoms with E-state index in [9.17, 15) is 0 Å². The summed E-state index contributed by atoms with van der Waals surface area (Å²) in [5.74, 6) is 1.62. The van der Waals surface area contributed by atoms with Gasteiger partial charge in [-0.25, -0.2) is 34.9 Å². The van der Waals surface area contributed by atoms with Gasteiger partial charge in [-0.1, -0.05) is 200 Å². The molecular weight excluding hydrogens is 962 g/mol. The number of alkyl halides is 3. The lowest BCUT2D eigenvalue weighted by molar-refractivity contribution is -0.137. The molecule has 77 heavy (non-hydrogen) atoms. The summed E-state index contributed by atoms with van der Waals surface area (Å²) < 4.78 is 49.7. The Morgan fingerprint density at radius 3 is 1.00 bits per heavy atom. The Labute approximate surface area is 440 Å². The predicted octanol–water partition coefficient (Wildman–Crippen LogP) is 16.6. The Hall–Kier alpha value is -10.3. The lowest BCUT2D eigenvalue weighted by atomic mass is 9.98. The number of benzene rings is 9. The lowest BCUT2D eigenvalue weighted by Gasteiger charge is -2.21. The molecule has 0 amide bonds. The SMILES string of the molecule is FC(F)(F)c1cc(-c2nc(-c3ccccc3)cc(-c3ccccc3)n2)c(-n2c3ccccc3c3cc(-c4nc(-c5ccccc5)nc(-c5ccccc5)n4)ccc32)c(-c2nc(-c3ccccc3)cc(-c3ccccc3)n2)c1. The van der Waals surface area contributed by atoms with Crippen LogP contribution in [0, 0.1) is 0 Å². The standard InChI is InChI=1S/C66H41F3N8/c67-66(68,69)49-38-52(64-70-54(42-21-7-1-8-22-42)40-55(71-64)43-23-9-2-10-24-43)60(53(39-49)65-72-56(44-25-11-3-12-26-44)41-57(73-65)45-27-13-4-14-28-45)77-58-34-20-19-33-50(58)51-37-48(35-36-59(51)77)63-75-61(46-29-15-5-16-30-46)74-62(76-63)47-31-17-6-18-32-47/h1-41H. The van der Waals surface area contributed by atoms with Crippen LogP contribution >= 0.6 is 0 Å². The normalized spacial score (nSPS) is 11.6. The molecule has 13 rings (SSSR count). The fourth-order valence-electron chi connectivity index (χ4n) is 9.83. The second-order valence-electron chi connectivity index (χ2n) is 18.4. The summed E-state index contributed by atoms with van der Waals surface area (Å²) in [7, 11) is 0. The quantitative estimate of drug-likeness (QED) is 0.135. The maximum absolute atomic E-state index is 15.9. The highest BCUT2D eigenvalue weighted by Crippen LogP contribution is 2.46. The van der Waals surface area contributed by atoms with Crippen molar-refractivity contribution in [2.75, 3.05) is 0 Å². The first-order valence-corrected chi connectivity index (χ1v) is 25.0. The third-order valence-corrected chi connectivity index (χ3v) is 13.5. The molecule has 0 atom stereocenters. The molecule has 11 heteroatoms. The lowest BCUT2D eigenvalue weighted by Crippen LogP contribution is -2.11. The van der Waals surface area contributed by atoms with Crippen LogP contribution in [0.25, 0.3) is 129 Å². The topological polar surface area (TPSA) is 95.2 Å². The molecule has 0 radical (unpaired) electrons. The minimum atomic E-state index is -4.82. The van der Waals surface area contributed by atoms with Crippen LogP contribution in [0.2, 0.25) is 0 Å². The Bertz CT molecular complexity index is 3970. The number of para-hydroxylation sites is 1. The van der Waals surface area contributed by atoms with Crippen molar-refractivity contribution < 1.29 is 13.2 Å². The van der Waals surface area contributed by atoms with Crippen LogP contribution in [0.4, 0.5) is 13.2 Å². The monoisotopic (exact) mass is 1000 g/mol. The molecule has 9 aromatic carbocycles. The summed E-state index contributed by atoms with van der Waals surface area (Å²) in [6, 6.07) is 77.7. The van der Waals surface area contributed by atoms with E-state index in [1.807, 2.05) is 241 Å². The number of aromatic nitrogens is 8. The molecule has 4 aromatic heterocycles. The largest absolute Gasteiger partial charge is 0.416 e. The third-order valence-electron chi connectivity index (χ3n) is 13.5. The van der Waals surface area contributed by atoms with Crippen LogP contribution in [0.15, 0.2) is 249 Å². The minimum Gasteiger partial charge on any atom is -0.308 e. The van der Waals surface area contributed by atoms with Gasteiger partial charge in [0.1, 0.15) is 0 Å². The van der Waals surface area contributed by atoms with Crippen molar-refractivity contribution in [3.63, 3.8) is 0 Å². The van der Waals surface area contributed by atoms with E-state index in [1.54, 1.807) is 0 Å². The maximum Gasteiger partial charge on any atom is 0.416 e. The number of halogens is 3. The van der Waals surface area contributed by atoms with Crippen molar-refractivity contribution in [1.29, 1.82) is 0 Å². The summed E-state index contributed by atoms with van der Waals surface area (Å²) in [4.78, 5) is 35.8. The predicted molar refractivity (Wildman–Crippen MR) is 299 cm³/mol. The Kier molecular flexibility index (Phi) is 11.8. The minimum absolute atomic E-state index is 0.0738. The van der Waals surface area contributed by atoms with Gasteiger partial charge in [0.15, 0.2) is 29.1 Å². The smallest absolute Gasteiger partial charge is 0.308 e. The van der Waals surface area contributed by atoms with Gasteiger partial charge in [-0.05, 0) is 48.5 Å². The van der Waals surface area contributed by atoms with Crippen LogP contribution in [0.5, 0.6) is 0 Å². The van der Waals surface area contributed by atoms with Gasteiger partial charge in [-0.15, -0.1) is 0 Å². The third kappa shape index (κ3) is 9.06. The average Bonchev–Trinajstić information content (AvgIpc) is 3.88. The van der Waals surface area contributed by atoms with Crippen LogP contribution < -0.4 is 0 Å². The van der Waals surface area contributed by atoms with Crippen LogP contribution in [-0.2, 0) is 6.18 Å². The second kappa shape index (κ2) is 19.5. The zero-order valence-corrected chi connectivity index (χ0v) is 40.9. The summed E-state index contributed by atoms with van der Waals surface area (Å²) in [5, 5.41) is 1.63. The number of nitrogens with zero attached hydrogens (tertiary/aromatic N) is 8. The molecule has 0 aliphatic rings. The Balaban J connectivity index is 1.14. The number of hydrogen-bond acceptors (Lipinski definition) is 7. The Morgan fingerprint density at radius 1 is 0.273 bits per heavy atom. The molecule has 0 aliphatic carbocycles. The molecule has 13 aromatic rings.